The second-order valence-electron chi connectivity index (χ2n) is 4.97. The number of aliphatic hydroxyl groups is 1. The number of carbonyl (C=O) groups is 1. The highest BCUT2D eigenvalue weighted by molar-refractivity contribution is 5.87. The molecule has 1 unspecified atom stereocenters. The molecule has 1 atom stereocenters. The molecule has 2 rings (SSSR count). The predicted octanol–water partition coefficient (Wildman–Crippen LogP) is 2.45. The van der Waals surface area contributed by atoms with Gasteiger partial charge in [-0.2, -0.15) is 0 Å². The van der Waals surface area contributed by atoms with Gasteiger partial charge in [0.05, 0.1) is 13.7 Å². The molecule has 2 aromatic rings. The van der Waals surface area contributed by atoms with Crippen molar-refractivity contribution in [3.8, 4) is 5.75 Å². The van der Waals surface area contributed by atoms with Gasteiger partial charge in [0.15, 0.2) is 0 Å². The number of carbonyl (C=O) groups excluding carboxylic acids is 1. The third-order valence-electron chi connectivity index (χ3n) is 3.65. The smallest absolute Gasteiger partial charge is 0.219 e. The van der Waals surface area contributed by atoms with E-state index in [2.05, 4.69) is 5.32 Å². The molecule has 2 N–H and O–H groups in total. The first-order valence-corrected chi connectivity index (χ1v) is 7.13. The van der Waals surface area contributed by atoms with Crippen molar-refractivity contribution in [2.75, 3.05) is 20.3 Å². The van der Waals surface area contributed by atoms with Crippen molar-refractivity contribution >= 4 is 16.7 Å². The van der Waals surface area contributed by atoms with E-state index < -0.39 is 0 Å². The predicted molar refractivity (Wildman–Crippen MR) is 83.6 cm³/mol. The maximum atomic E-state index is 11.4. The molecule has 0 fully saturated rings. The van der Waals surface area contributed by atoms with Crippen LogP contribution in [0.3, 0.4) is 0 Å². The lowest BCUT2D eigenvalue weighted by Crippen LogP contribution is -2.29. The lowest BCUT2D eigenvalue weighted by molar-refractivity contribution is -0.120. The number of benzene rings is 2. The van der Waals surface area contributed by atoms with E-state index in [1.807, 2.05) is 43.3 Å². The van der Waals surface area contributed by atoms with Gasteiger partial charge in [-0.3, -0.25) is 4.79 Å². The van der Waals surface area contributed by atoms with Crippen molar-refractivity contribution in [1.29, 1.82) is 0 Å². The van der Waals surface area contributed by atoms with Gasteiger partial charge in [-0.15, -0.1) is 0 Å². The van der Waals surface area contributed by atoms with Crippen LogP contribution in [0, 0.1) is 0 Å². The highest BCUT2D eigenvalue weighted by Gasteiger charge is 2.15. The summed E-state index contributed by atoms with van der Waals surface area (Å²) in [6.45, 7) is 2.23. The van der Waals surface area contributed by atoms with Crippen LogP contribution >= 0.6 is 0 Å². The SMILES string of the molecule is CCC(=O)NCC(CO)c1cccc2ccc(OC)cc12. The average molecular weight is 287 g/mol. The van der Waals surface area contributed by atoms with E-state index in [1.54, 1.807) is 7.11 Å². The Labute approximate surface area is 124 Å². The Kier molecular flexibility index (Phi) is 5.17. The minimum atomic E-state index is -0.128. The molecule has 0 aliphatic rings. The van der Waals surface area contributed by atoms with Crippen molar-refractivity contribution in [3.63, 3.8) is 0 Å². The maximum absolute atomic E-state index is 11.4. The first kappa shape index (κ1) is 15.3. The van der Waals surface area contributed by atoms with Crippen LogP contribution in [-0.4, -0.2) is 31.3 Å². The number of rotatable bonds is 6. The number of nitrogens with one attached hydrogen (secondary N) is 1. The molecule has 0 aliphatic carbocycles. The van der Waals surface area contributed by atoms with Gasteiger partial charge in [-0.05, 0) is 28.5 Å². The molecule has 4 nitrogen and oxygen atoms in total. The van der Waals surface area contributed by atoms with Crippen LogP contribution in [0.4, 0.5) is 0 Å². The Bertz CT molecular complexity index is 624. The summed E-state index contributed by atoms with van der Waals surface area (Å²) >= 11 is 0. The third kappa shape index (κ3) is 3.52. The molecule has 1 amide bonds. The van der Waals surface area contributed by atoms with Crippen molar-refractivity contribution in [2.45, 2.75) is 19.3 Å². The Morgan fingerprint density at radius 2 is 2.14 bits per heavy atom. The van der Waals surface area contributed by atoms with Crippen LogP contribution in [-0.2, 0) is 4.79 Å². The molecule has 4 heteroatoms. The minimum Gasteiger partial charge on any atom is -0.497 e. The minimum absolute atomic E-state index is 0.00809. The fourth-order valence-electron chi connectivity index (χ4n) is 2.39. The lowest BCUT2D eigenvalue weighted by atomic mass is 9.93. The number of amides is 1. The van der Waals surface area contributed by atoms with Gasteiger partial charge in [-0.1, -0.05) is 31.2 Å². The highest BCUT2D eigenvalue weighted by Crippen LogP contribution is 2.28. The van der Waals surface area contributed by atoms with Crippen molar-refractivity contribution < 1.29 is 14.6 Å². The topological polar surface area (TPSA) is 58.6 Å². The number of hydrogen-bond acceptors (Lipinski definition) is 3. The summed E-state index contributed by atoms with van der Waals surface area (Å²) in [4.78, 5) is 11.4. The standard InChI is InChI=1S/C17H21NO3/c1-3-17(20)18-10-13(11-19)15-6-4-5-12-7-8-14(21-2)9-16(12)15/h4-9,13,19H,3,10-11H2,1-2H3,(H,18,20). The number of ether oxygens (including phenoxy) is 1. The van der Waals surface area contributed by atoms with Gasteiger partial charge < -0.3 is 15.2 Å². The fourth-order valence-corrected chi connectivity index (χ4v) is 2.39. The molecule has 0 heterocycles. The molecule has 0 radical (unpaired) electrons. The highest BCUT2D eigenvalue weighted by atomic mass is 16.5. The molecule has 0 bridgehead atoms. The van der Waals surface area contributed by atoms with Gasteiger partial charge in [0, 0.05) is 18.9 Å². The molecule has 0 saturated carbocycles. The fraction of sp³-hybridized carbons (Fsp3) is 0.353. The first-order valence-electron chi connectivity index (χ1n) is 7.13. The normalized spacial score (nSPS) is 12.1. The lowest BCUT2D eigenvalue weighted by Gasteiger charge is -2.18. The molecule has 0 aliphatic heterocycles. The molecule has 0 aromatic heterocycles. The Morgan fingerprint density at radius 3 is 2.81 bits per heavy atom. The van der Waals surface area contributed by atoms with Crippen LogP contribution in [0.1, 0.15) is 24.8 Å². The quantitative estimate of drug-likeness (QED) is 0.858. The molecule has 21 heavy (non-hydrogen) atoms. The van der Waals surface area contributed by atoms with E-state index in [1.165, 1.54) is 0 Å². The van der Waals surface area contributed by atoms with Crippen LogP contribution in [0.15, 0.2) is 36.4 Å². The molecule has 2 aromatic carbocycles. The zero-order valence-corrected chi connectivity index (χ0v) is 12.4. The Balaban J connectivity index is 2.35. The Hall–Kier alpha value is -2.07. The molecule has 0 spiro atoms. The zero-order valence-electron chi connectivity index (χ0n) is 12.4. The summed E-state index contributed by atoms with van der Waals surface area (Å²) in [5.74, 6) is 0.645. The van der Waals surface area contributed by atoms with Gasteiger partial charge in [0.2, 0.25) is 5.91 Å². The maximum Gasteiger partial charge on any atom is 0.219 e. The van der Waals surface area contributed by atoms with E-state index in [0.717, 1.165) is 22.1 Å². The van der Waals surface area contributed by atoms with E-state index in [9.17, 15) is 9.90 Å². The van der Waals surface area contributed by atoms with Gasteiger partial charge in [-0.25, -0.2) is 0 Å². The zero-order chi connectivity index (χ0) is 15.2. The van der Waals surface area contributed by atoms with Crippen LogP contribution in [0.2, 0.25) is 0 Å². The largest absolute Gasteiger partial charge is 0.497 e. The average Bonchev–Trinajstić information content (AvgIpc) is 2.54. The summed E-state index contributed by atoms with van der Waals surface area (Å²) in [6, 6.07) is 11.9. The summed E-state index contributed by atoms with van der Waals surface area (Å²) in [7, 11) is 1.63. The summed E-state index contributed by atoms with van der Waals surface area (Å²) in [6.07, 6.45) is 0.446. The van der Waals surface area contributed by atoms with E-state index in [4.69, 9.17) is 4.74 Å². The Morgan fingerprint density at radius 1 is 1.33 bits per heavy atom. The number of methoxy groups -OCH3 is 1. The monoisotopic (exact) mass is 287 g/mol. The van der Waals surface area contributed by atoms with E-state index in [-0.39, 0.29) is 18.4 Å². The van der Waals surface area contributed by atoms with E-state index in [0.29, 0.717) is 13.0 Å². The molecular weight excluding hydrogens is 266 g/mol. The van der Waals surface area contributed by atoms with Gasteiger partial charge in [0.25, 0.3) is 0 Å². The van der Waals surface area contributed by atoms with Gasteiger partial charge in [0.1, 0.15) is 5.75 Å². The van der Waals surface area contributed by atoms with Crippen molar-refractivity contribution in [2.24, 2.45) is 0 Å². The summed E-state index contributed by atoms with van der Waals surface area (Å²) < 4.78 is 5.27. The number of hydrogen-bond donors (Lipinski definition) is 2. The van der Waals surface area contributed by atoms with E-state index >= 15 is 0 Å². The van der Waals surface area contributed by atoms with Crippen LogP contribution < -0.4 is 10.1 Å². The van der Waals surface area contributed by atoms with Crippen molar-refractivity contribution in [1.82, 2.24) is 5.32 Å². The number of aliphatic hydroxyl groups excluding tert-OH is 1. The molecule has 0 saturated heterocycles. The second kappa shape index (κ2) is 7.09. The third-order valence-corrected chi connectivity index (χ3v) is 3.65. The number of fused-ring (bicyclic) bond motifs is 1. The summed E-state index contributed by atoms with van der Waals surface area (Å²) in [5.41, 5.74) is 1.02. The van der Waals surface area contributed by atoms with Crippen LogP contribution in [0.5, 0.6) is 5.75 Å². The van der Waals surface area contributed by atoms with Crippen LogP contribution in [0.25, 0.3) is 10.8 Å². The summed E-state index contributed by atoms with van der Waals surface area (Å²) in [5, 5.41) is 14.6. The molecule has 112 valence electrons. The van der Waals surface area contributed by atoms with Gasteiger partial charge >= 0.3 is 0 Å². The molecular formula is C17H21NO3. The second-order valence-corrected chi connectivity index (χ2v) is 4.97. The van der Waals surface area contributed by atoms with Crippen molar-refractivity contribution in [3.05, 3.63) is 42.0 Å². The first-order chi connectivity index (χ1) is 10.2.